The van der Waals surface area contributed by atoms with Crippen LogP contribution in [0.1, 0.15) is 24.8 Å². The lowest BCUT2D eigenvalue weighted by Crippen LogP contribution is -2.37. The number of hydrogen-bond donors (Lipinski definition) is 2. The van der Waals surface area contributed by atoms with Crippen molar-refractivity contribution in [2.75, 3.05) is 26.2 Å². The van der Waals surface area contributed by atoms with Gasteiger partial charge in [-0.25, -0.2) is 0 Å². The number of nitrogens with one attached hydrogen (secondary N) is 1. The van der Waals surface area contributed by atoms with Crippen LogP contribution in [0.3, 0.4) is 0 Å². The second-order valence-electron chi connectivity index (χ2n) is 4.96. The van der Waals surface area contributed by atoms with Crippen LogP contribution < -0.4 is 5.32 Å². The summed E-state index contributed by atoms with van der Waals surface area (Å²) in [4.78, 5) is 6.45. The topological polar surface area (TPSA) is 48.4 Å². The molecule has 1 fully saturated rings. The fourth-order valence-corrected chi connectivity index (χ4v) is 2.30. The van der Waals surface area contributed by atoms with Gasteiger partial charge in [-0.15, -0.1) is 0 Å². The van der Waals surface area contributed by atoms with Gasteiger partial charge >= 0.3 is 0 Å². The summed E-state index contributed by atoms with van der Waals surface area (Å²) in [6, 6.07) is 4.08. The Balaban J connectivity index is 1.51. The second-order valence-corrected chi connectivity index (χ2v) is 4.96. The Morgan fingerprint density at radius 3 is 2.72 bits per heavy atom. The molecule has 2 heterocycles. The molecule has 0 saturated carbocycles. The summed E-state index contributed by atoms with van der Waals surface area (Å²) in [6.45, 7) is 5.19. The molecule has 4 nitrogen and oxygen atoms in total. The highest BCUT2D eigenvalue weighted by atomic mass is 16.3. The molecular weight excluding hydrogens is 226 g/mol. The second kappa shape index (κ2) is 7.46. The van der Waals surface area contributed by atoms with E-state index in [9.17, 15) is 5.11 Å². The molecule has 18 heavy (non-hydrogen) atoms. The van der Waals surface area contributed by atoms with Crippen LogP contribution >= 0.6 is 0 Å². The first kappa shape index (κ1) is 13.5. The Bertz CT molecular complexity index is 323. The van der Waals surface area contributed by atoms with Crippen LogP contribution in [0, 0.1) is 0 Å². The average molecular weight is 249 g/mol. The van der Waals surface area contributed by atoms with Crippen molar-refractivity contribution in [2.45, 2.75) is 31.9 Å². The first-order valence-electron chi connectivity index (χ1n) is 6.84. The molecule has 1 aliphatic heterocycles. The summed E-state index contributed by atoms with van der Waals surface area (Å²) in [5.74, 6) is 0. The molecule has 0 atom stereocenters. The van der Waals surface area contributed by atoms with E-state index < -0.39 is 0 Å². The molecule has 1 aromatic rings. The Morgan fingerprint density at radius 1 is 1.28 bits per heavy atom. The van der Waals surface area contributed by atoms with Crippen LogP contribution in [0.15, 0.2) is 24.5 Å². The molecule has 100 valence electrons. The number of likely N-dealkylation sites (tertiary alicyclic amines) is 1. The van der Waals surface area contributed by atoms with E-state index in [-0.39, 0.29) is 6.10 Å². The molecule has 1 saturated heterocycles. The van der Waals surface area contributed by atoms with E-state index in [4.69, 9.17) is 0 Å². The van der Waals surface area contributed by atoms with Crippen molar-refractivity contribution in [1.82, 2.24) is 15.2 Å². The molecule has 1 aliphatic rings. The van der Waals surface area contributed by atoms with Crippen molar-refractivity contribution in [2.24, 2.45) is 0 Å². The molecule has 0 spiro atoms. The van der Waals surface area contributed by atoms with Gasteiger partial charge in [-0.3, -0.25) is 4.98 Å². The van der Waals surface area contributed by atoms with E-state index in [1.54, 1.807) is 0 Å². The van der Waals surface area contributed by atoms with Gasteiger partial charge in [-0.05, 0) is 50.0 Å². The highest BCUT2D eigenvalue weighted by Gasteiger charge is 2.15. The van der Waals surface area contributed by atoms with E-state index in [0.717, 1.165) is 45.6 Å². The zero-order valence-corrected chi connectivity index (χ0v) is 10.9. The highest BCUT2D eigenvalue weighted by molar-refractivity contribution is 5.08. The van der Waals surface area contributed by atoms with Crippen molar-refractivity contribution >= 4 is 0 Å². The number of aromatic nitrogens is 1. The third kappa shape index (κ3) is 4.72. The van der Waals surface area contributed by atoms with Crippen molar-refractivity contribution in [1.29, 1.82) is 0 Å². The van der Waals surface area contributed by atoms with Crippen molar-refractivity contribution < 1.29 is 5.11 Å². The Hall–Kier alpha value is -0.970. The van der Waals surface area contributed by atoms with Gasteiger partial charge in [0.2, 0.25) is 0 Å². The first-order valence-corrected chi connectivity index (χ1v) is 6.84. The standard InChI is InChI=1S/C14H23N3O/c18-14-4-10-17(11-5-14)9-1-6-16-12-13-2-7-15-8-3-13/h2-3,7-8,14,16,18H,1,4-6,9-12H2. The van der Waals surface area contributed by atoms with Gasteiger partial charge in [0.05, 0.1) is 6.10 Å². The van der Waals surface area contributed by atoms with Crippen LogP contribution in [0.2, 0.25) is 0 Å². The molecular formula is C14H23N3O. The van der Waals surface area contributed by atoms with E-state index >= 15 is 0 Å². The van der Waals surface area contributed by atoms with E-state index in [2.05, 4.69) is 15.2 Å². The maximum absolute atomic E-state index is 9.42. The van der Waals surface area contributed by atoms with E-state index in [0.29, 0.717) is 0 Å². The van der Waals surface area contributed by atoms with E-state index in [1.807, 2.05) is 24.5 Å². The van der Waals surface area contributed by atoms with Gasteiger partial charge in [-0.2, -0.15) is 0 Å². The third-order valence-electron chi connectivity index (χ3n) is 3.46. The van der Waals surface area contributed by atoms with Crippen LogP contribution in [0.25, 0.3) is 0 Å². The maximum atomic E-state index is 9.42. The lowest BCUT2D eigenvalue weighted by atomic mass is 10.1. The molecule has 0 radical (unpaired) electrons. The number of rotatable bonds is 6. The SMILES string of the molecule is OC1CCN(CCCNCc2ccncc2)CC1. The number of aliphatic hydroxyl groups is 1. The molecule has 4 heteroatoms. The first-order chi connectivity index (χ1) is 8.84. The Labute approximate surface area is 109 Å². The predicted molar refractivity (Wildman–Crippen MR) is 72.2 cm³/mol. The molecule has 0 aliphatic carbocycles. The molecule has 0 bridgehead atoms. The van der Waals surface area contributed by atoms with Gasteiger partial charge in [0.25, 0.3) is 0 Å². The summed E-state index contributed by atoms with van der Waals surface area (Å²) >= 11 is 0. The van der Waals surface area contributed by atoms with Crippen LogP contribution in [-0.2, 0) is 6.54 Å². The fraction of sp³-hybridized carbons (Fsp3) is 0.643. The van der Waals surface area contributed by atoms with Crippen molar-refractivity contribution in [3.63, 3.8) is 0 Å². The van der Waals surface area contributed by atoms with Gasteiger partial charge in [-0.1, -0.05) is 0 Å². The lowest BCUT2D eigenvalue weighted by Gasteiger charge is -2.29. The molecule has 2 rings (SSSR count). The molecule has 1 aromatic heterocycles. The monoisotopic (exact) mass is 249 g/mol. The van der Waals surface area contributed by atoms with E-state index in [1.165, 1.54) is 12.0 Å². The number of piperidine rings is 1. The summed E-state index contributed by atoms with van der Waals surface area (Å²) < 4.78 is 0. The maximum Gasteiger partial charge on any atom is 0.0564 e. The molecule has 2 N–H and O–H groups in total. The summed E-state index contributed by atoms with van der Waals surface area (Å²) in [5, 5.41) is 12.9. The smallest absolute Gasteiger partial charge is 0.0564 e. The van der Waals surface area contributed by atoms with Crippen molar-refractivity contribution in [3.8, 4) is 0 Å². The van der Waals surface area contributed by atoms with Crippen molar-refractivity contribution in [3.05, 3.63) is 30.1 Å². The molecule has 0 aromatic carbocycles. The average Bonchev–Trinajstić information content (AvgIpc) is 2.42. The summed E-state index contributed by atoms with van der Waals surface area (Å²) in [5.41, 5.74) is 1.28. The fourth-order valence-electron chi connectivity index (χ4n) is 2.30. The van der Waals surface area contributed by atoms with Gasteiger partial charge in [0.15, 0.2) is 0 Å². The minimum atomic E-state index is -0.0638. The van der Waals surface area contributed by atoms with Gasteiger partial charge < -0.3 is 15.3 Å². The van der Waals surface area contributed by atoms with Crippen LogP contribution in [0.5, 0.6) is 0 Å². The summed E-state index contributed by atoms with van der Waals surface area (Å²) in [6.07, 6.45) is 6.63. The minimum Gasteiger partial charge on any atom is -0.393 e. The summed E-state index contributed by atoms with van der Waals surface area (Å²) in [7, 11) is 0. The zero-order valence-electron chi connectivity index (χ0n) is 10.9. The van der Waals surface area contributed by atoms with Gasteiger partial charge in [0, 0.05) is 32.0 Å². The zero-order chi connectivity index (χ0) is 12.6. The third-order valence-corrected chi connectivity index (χ3v) is 3.46. The lowest BCUT2D eigenvalue weighted by molar-refractivity contribution is 0.0821. The Morgan fingerprint density at radius 2 is 2.00 bits per heavy atom. The number of aliphatic hydroxyl groups excluding tert-OH is 1. The molecule has 0 amide bonds. The van der Waals surface area contributed by atoms with Crippen LogP contribution in [0.4, 0.5) is 0 Å². The highest BCUT2D eigenvalue weighted by Crippen LogP contribution is 2.09. The molecule has 0 unspecified atom stereocenters. The number of hydrogen-bond acceptors (Lipinski definition) is 4. The minimum absolute atomic E-state index is 0.0638. The van der Waals surface area contributed by atoms with Gasteiger partial charge in [0.1, 0.15) is 0 Å². The Kier molecular flexibility index (Phi) is 5.58. The largest absolute Gasteiger partial charge is 0.393 e. The quantitative estimate of drug-likeness (QED) is 0.739. The van der Waals surface area contributed by atoms with Crippen LogP contribution in [-0.4, -0.2) is 47.3 Å². The predicted octanol–water partition coefficient (Wildman–Crippen LogP) is 1.02. The number of pyridine rings is 1. The normalized spacial score (nSPS) is 18.1. The number of nitrogens with zero attached hydrogens (tertiary/aromatic N) is 2.